The van der Waals surface area contributed by atoms with E-state index in [2.05, 4.69) is 0 Å². The molecule has 0 aliphatic rings. The maximum Gasteiger partial charge on any atom is 0.127 e. The van der Waals surface area contributed by atoms with Crippen molar-refractivity contribution in [2.24, 2.45) is 0 Å². The van der Waals surface area contributed by atoms with E-state index >= 15 is 0 Å². The Morgan fingerprint density at radius 1 is 1.14 bits per heavy atom. The second-order valence-electron chi connectivity index (χ2n) is 4.90. The molecular weight excluding hydrogens is 267 g/mol. The van der Waals surface area contributed by atoms with Crippen LogP contribution in [0.25, 0.3) is 0 Å². The van der Waals surface area contributed by atoms with Crippen molar-refractivity contribution in [3.63, 3.8) is 0 Å². The standard InChI is InChI=1S/C17H17FN2O/c1-20(11-14-5-3-4-6-17(14)21-2)12-15-9-13(10-19)7-8-16(15)18/h3-9H,11-12H2,1-2H3. The normalized spacial score (nSPS) is 10.4. The van der Waals surface area contributed by atoms with Crippen LogP contribution in [-0.2, 0) is 13.1 Å². The number of halogens is 1. The van der Waals surface area contributed by atoms with Crippen LogP contribution in [0, 0.1) is 17.1 Å². The molecule has 0 aromatic heterocycles. The summed E-state index contributed by atoms with van der Waals surface area (Å²) in [6, 6.07) is 14.2. The largest absolute Gasteiger partial charge is 0.496 e. The minimum absolute atomic E-state index is 0.291. The van der Waals surface area contributed by atoms with Crippen molar-refractivity contribution < 1.29 is 9.13 Å². The lowest BCUT2D eigenvalue weighted by atomic mass is 10.1. The zero-order valence-corrected chi connectivity index (χ0v) is 12.1. The summed E-state index contributed by atoms with van der Waals surface area (Å²) in [4.78, 5) is 1.98. The van der Waals surface area contributed by atoms with Gasteiger partial charge in [0.2, 0.25) is 0 Å². The Kier molecular flexibility index (Phi) is 4.91. The number of rotatable bonds is 5. The summed E-state index contributed by atoms with van der Waals surface area (Å²) < 4.78 is 19.1. The van der Waals surface area contributed by atoms with Crippen molar-refractivity contribution >= 4 is 0 Å². The Morgan fingerprint density at radius 3 is 2.57 bits per heavy atom. The van der Waals surface area contributed by atoms with Crippen LogP contribution < -0.4 is 4.74 Å². The van der Waals surface area contributed by atoms with E-state index in [4.69, 9.17) is 10.00 Å². The van der Waals surface area contributed by atoms with Gasteiger partial charge in [0.05, 0.1) is 18.7 Å². The summed E-state index contributed by atoms with van der Waals surface area (Å²) in [6.07, 6.45) is 0. The molecule has 0 bridgehead atoms. The maximum absolute atomic E-state index is 13.8. The summed E-state index contributed by atoms with van der Waals surface area (Å²) in [5, 5.41) is 8.89. The lowest BCUT2D eigenvalue weighted by Gasteiger charge is -2.19. The average Bonchev–Trinajstić information content (AvgIpc) is 2.50. The van der Waals surface area contributed by atoms with E-state index in [-0.39, 0.29) is 5.82 Å². The molecule has 0 amide bonds. The first-order valence-electron chi connectivity index (χ1n) is 6.63. The highest BCUT2D eigenvalue weighted by atomic mass is 19.1. The molecule has 3 nitrogen and oxygen atoms in total. The Hall–Kier alpha value is -2.38. The molecule has 2 rings (SSSR count). The molecule has 108 valence electrons. The molecule has 0 saturated heterocycles. The van der Waals surface area contributed by atoms with Crippen molar-refractivity contribution in [3.05, 3.63) is 65.0 Å². The van der Waals surface area contributed by atoms with Gasteiger partial charge in [-0.3, -0.25) is 4.90 Å². The van der Waals surface area contributed by atoms with Gasteiger partial charge in [0, 0.05) is 24.2 Å². The molecule has 0 unspecified atom stereocenters. The predicted octanol–water partition coefficient (Wildman–Crippen LogP) is 3.34. The minimum atomic E-state index is -0.291. The van der Waals surface area contributed by atoms with Gasteiger partial charge < -0.3 is 4.74 Å². The number of ether oxygens (including phenoxy) is 1. The van der Waals surface area contributed by atoms with E-state index in [1.54, 1.807) is 13.2 Å². The van der Waals surface area contributed by atoms with Crippen LogP contribution >= 0.6 is 0 Å². The van der Waals surface area contributed by atoms with Crippen LogP contribution in [0.2, 0.25) is 0 Å². The summed E-state index contributed by atoms with van der Waals surface area (Å²) in [6.45, 7) is 1.07. The number of nitriles is 1. The first kappa shape index (κ1) is 15.0. The lowest BCUT2D eigenvalue weighted by molar-refractivity contribution is 0.305. The van der Waals surface area contributed by atoms with E-state index in [9.17, 15) is 4.39 Å². The number of hydrogen-bond donors (Lipinski definition) is 0. The molecule has 0 fully saturated rings. The van der Waals surface area contributed by atoms with E-state index < -0.39 is 0 Å². The second kappa shape index (κ2) is 6.87. The zero-order valence-electron chi connectivity index (χ0n) is 12.1. The second-order valence-corrected chi connectivity index (χ2v) is 4.90. The zero-order chi connectivity index (χ0) is 15.2. The number of para-hydroxylation sites is 1. The lowest BCUT2D eigenvalue weighted by Crippen LogP contribution is -2.18. The highest BCUT2D eigenvalue weighted by Gasteiger charge is 2.09. The first-order valence-corrected chi connectivity index (χ1v) is 6.63. The number of hydrogen-bond acceptors (Lipinski definition) is 3. The van der Waals surface area contributed by atoms with Gasteiger partial charge >= 0.3 is 0 Å². The fourth-order valence-corrected chi connectivity index (χ4v) is 2.24. The van der Waals surface area contributed by atoms with Crippen molar-refractivity contribution in [1.29, 1.82) is 5.26 Å². The van der Waals surface area contributed by atoms with Crippen LogP contribution in [0.3, 0.4) is 0 Å². The smallest absolute Gasteiger partial charge is 0.127 e. The summed E-state index contributed by atoms with van der Waals surface area (Å²) in [5.41, 5.74) is 2.03. The molecule has 0 N–H and O–H groups in total. The highest BCUT2D eigenvalue weighted by molar-refractivity contribution is 5.35. The fourth-order valence-electron chi connectivity index (χ4n) is 2.24. The average molecular weight is 284 g/mol. The highest BCUT2D eigenvalue weighted by Crippen LogP contribution is 2.20. The molecule has 21 heavy (non-hydrogen) atoms. The SMILES string of the molecule is COc1ccccc1CN(C)Cc1cc(C#N)ccc1F. The molecular formula is C17H17FN2O. The monoisotopic (exact) mass is 284 g/mol. The summed E-state index contributed by atoms with van der Waals surface area (Å²) in [7, 11) is 3.54. The molecule has 0 atom stereocenters. The molecule has 0 saturated carbocycles. The van der Waals surface area contributed by atoms with Crippen LogP contribution in [0.15, 0.2) is 42.5 Å². The third kappa shape index (κ3) is 3.80. The van der Waals surface area contributed by atoms with Gasteiger partial charge in [-0.15, -0.1) is 0 Å². The van der Waals surface area contributed by atoms with Gasteiger partial charge in [-0.25, -0.2) is 4.39 Å². The Morgan fingerprint density at radius 2 is 1.86 bits per heavy atom. The molecule has 0 aliphatic heterocycles. The van der Waals surface area contributed by atoms with Crippen LogP contribution in [0.5, 0.6) is 5.75 Å². The van der Waals surface area contributed by atoms with Gasteiger partial charge in [-0.05, 0) is 31.3 Å². The van der Waals surface area contributed by atoms with Crippen molar-refractivity contribution in [1.82, 2.24) is 4.90 Å². The fraction of sp³-hybridized carbons (Fsp3) is 0.235. The van der Waals surface area contributed by atoms with Crippen molar-refractivity contribution in [3.8, 4) is 11.8 Å². The minimum Gasteiger partial charge on any atom is -0.496 e. The van der Waals surface area contributed by atoms with Crippen molar-refractivity contribution in [2.45, 2.75) is 13.1 Å². The molecule has 0 heterocycles. The maximum atomic E-state index is 13.8. The first-order chi connectivity index (χ1) is 10.1. The van der Waals surface area contributed by atoms with Crippen LogP contribution in [-0.4, -0.2) is 19.1 Å². The van der Waals surface area contributed by atoms with E-state index in [1.807, 2.05) is 42.3 Å². The summed E-state index contributed by atoms with van der Waals surface area (Å²) >= 11 is 0. The third-order valence-electron chi connectivity index (χ3n) is 3.25. The molecule has 2 aromatic rings. The predicted molar refractivity (Wildman–Crippen MR) is 79.3 cm³/mol. The quantitative estimate of drug-likeness (QED) is 0.845. The molecule has 2 aromatic carbocycles. The van der Waals surface area contributed by atoms with E-state index in [0.29, 0.717) is 24.2 Å². The van der Waals surface area contributed by atoms with Gasteiger partial charge in [-0.2, -0.15) is 5.26 Å². The number of benzene rings is 2. The van der Waals surface area contributed by atoms with Gasteiger partial charge in [0.15, 0.2) is 0 Å². The van der Waals surface area contributed by atoms with Gasteiger partial charge in [-0.1, -0.05) is 18.2 Å². The molecule has 0 spiro atoms. The van der Waals surface area contributed by atoms with E-state index in [0.717, 1.165) is 11.3 Å². The Labute approximate surface area is 124 Å². The van der Waals surface area contributed by atoms with Crippen molar-refractivity contribution in [2.75, 3.05) is 14.2 Å². The van der Waals surface area contributed by atoms with Crippen LogP contribution in [0.1, 0.15) is 16.7 Å². The molecule has 4 heteroatoms. The number of methoxy groups -OCH3 is 1. The van der Waals surface area contributed by atoms with Crippen LogP contribution in [0.4, 0.5) is 4.39 Å². The molecule has 0 aliphatic carbocycles. The topological polar surface area (TPSA) is 36.3 Å². The van der Waals surface area contributed by atoms with E-state index in [1.165, 1.54) is 12.1 Å². The van der Waals surface area contributed by atoms with Gasteiger partial charge in [0.1, 0.15) is 11.6 Å². The Bertz CT molecular complexity index is 664. The molecule has 0 radical (unpaired) electrons. The van der Waals surface area contributed by atoms with Gasteiger partial charge in [0.25, 0.3) is 0 Å². The summed E-state index contributed by atoms with van der Waals surface area (Å²) in [5.74, 6) is 0.525. The Balaban J connectivity index is 2.12. The number of nitrogens with zero attached hydrogens (tertiary/aromatic N) is 2. The third-order valence-corrected chi connectivity index (χ3v) is 3.25.